The number of amides is 2. The summed E-state index contributed by atoms with van der Waals surface area (Å²) in [5.41, 5.74) is 1.23. The number of carbonyl (C=O) groups is 2. The van der Waals surface area contributed by atoms with Crippen LogP contribution in [0.4, 0.5) is 15.6 Å². The van der Waals surface area contributed by atoms with Gasteiger partial charge in [0, 0.05) is 23.9 Å². The number of carbonyl (C=O) groups excluding carboxylic acids is 2. The molecule has 0 spiro atoms. The Morgan fingerprint density at radius 2 is 1.94 bits per heavy atom. The second kappa shape index (κ2) is 11.2. The maximum absolute atomic E-state index is 12.9. The maximum atomic E-state index is 12.9. The molecule has 3 aromatic heterocycles. The minimum atomic E-state index is -3.44. The Hall–Kier alpha value is -2.87. The van der Waals surface area contributed by atoms with Gasteiger partial charge in [-0.25, -0.2) is 27.9 Å². The summed E-state index contributed by atoms with van der Waals surface area (Å²) in [6.45, 7) is -0.0313. The van der Waals surface area contributed by atoms with Crippen LogP contribution in [0, 0.1) is 5.92 Å². The SMILES string of the molecule is CS(=O)(=O)NCc1nc(NC(=O)Nc2cnccc2C(=O)C2CCCC2)sc1Sc1ccccn1. The average Bonchev–Trinajstić information content (AvgIpc) is 3.48. The number of urea groups is 1. The van der Waals surface area contributed by atoms with Crippen molar-refractivity contribution in [1.29, 1.82) is 0 Å². The highest BCUT2D eigenvalue weighted by molar-refractivity contribution is 8.01. The zero-order chi connectivity index (χ0) is 24.8. The summed E-state index contributed by atoms with van der Waals surface area (Å²) in [6.07, 6.45) is 9.48. The van der Waals surface area contributed by atoms with Gasteiger partial charge in [-0.15, -0.1) is 0 Å². The Kier molecular flexibility index (Phi) is 8.11. The number of hydrogen-bond acceptors (Lipinski definition) is 9. The summed E-state index contributed by atoms with van der Waals surface area (Å²) in [6, 6.07) is 6.50. The van der Waals surface area contributed by atoms with Crippen molar-refractivity contribution in [3.05, 3.63) is 54.1 Å². The minimum Gasteiger partial charge on any atom is -0.305 e. The molecular formula is C22H24N6O4S3. The summed E-state index contributed by atoms with van der Waals surface area (Å²) in [7, 11) is -3.44. The Balaban J connectivity index is 1.49. The van der Waals surface area contributed by atoms with E-state index >= 15 is 0 Å². The molecule has 0 unspecified atom stereocenters. The van der Waals surface area contributed by atoms with E-state index in [-0.39, 0.29) is 23.4 Å². The number of anilines is 2. The fourth-order valence-corrected chi connectivity index (χ4v) is 6.11. The van der Waals surface area contributed by atoms with Crippen molar-refractivity contribution in [2.75, 3.05) is 16.9 Å². The van der Waals surface area contributed by atoms with Crippen molar-refractivity contribution >= 4 is 55.8 Å². The standard InChI is InChI=1S/C22H24N6O4S3/c1-35(31,32)25-13-17-20(33-18-8-4-5-10-24-18)34-22(27-17)28-21(30)26-16-12-23-11-9-15(16)19(29)14-6-2-3-7-14/h4-5,8-12,14,25H,2-3,6-7,13H2,1H3,(H2,26,27,28,30). The van der Waals surface area contributed by atoms with E-state index in [4.69, 9.17) is 0 Å². The van der Waals surface area contributed by atoms with Crippen molar-refractivity contribution in [1.82, 2.24) is 19.7 Å². The number of aromatic nitrogens is 3. The molecule has 0 bridgehead atoms. The highest BCUT2D eigenvalue weighted by Crippen LogP contribution is 2.36. The fourth-order valence-electron chi connectivity index (χ4n) is 3.65. The van der Waals surface area contributed by atoms with Crippen molar-refractivity contribution in [3.63, 3.8) is 0 Å². The third kappa shape index (κ3) is 7.07. The molecule has 1 saturated carbocycles. The first-order valence-electron chi connectivity index (χ1n) is 10.9. The summed E-state index contributed by atoms with van der Waals surface area (Å²) in [4.78, 5) is 38.4. The van der Waals surface area contributed by atoms with Crippen LogP contribution in [0.5, 0.6) is 0 Å². The lowest BCUT2D eigenvalue weighted by molar-refractivity contribution is 0.0923. The van der Waals surface area contributed by atoms with Gasteiger partial charge in [0.15, 0.2) is 10.9 Å². The number of nitrogens with zero attached hydrogens (tertiary/aromatic N) is 3. The van der Waals surface area contributed by atoms with E-state index in [1.54, 1.807) is 18.3 Å². The number of hydrogen-bond donors (Lipinski definition) is 3. The van der Waals surface area contributed by atoms with Crippen LogP contribution < -0.4 is 15.4 Å². The van der Waals surface area contributed by atoms with Gasteiger partial charge in [0.05, 0.1) is 34.6 Å². The van der Waals surface area contributed by atoms with Crippen molar-refractivity contribution in [3.8, 4) is 0 Å². The van der Waals surface area contributed by atoms with Gasteiger partial charge in [-0.2, -0.15) is 0 Å². The van der Waals surface area contributed by atoms with E-state index in [2.05, 4.69) is 30.3 Å². The molecule has 0 radical (unpaired) electrons. The van der Waals surface area contributed by atoms with E-state index in [1.807, 2.05) is 12.1 Å². The van der Waals surface area contributed by atoms with E-state index < -0.39 is 16.1 Å². The number of Topliss-reactive ketones (excluding diaryl/α,β-unsaturated/α-hetero) is 1. The van der Waals surface area contributed by atoms with Crippen LogP contribution in [-0.2, 0) is 16.6 Å². The molecule has 13 heteroatoms. The third-order valence-electron chi connectivity index (χ3n) is 5.28. The van der Waals surface area contributed by atoms with Gasteiger partial charge in [-0.1, -0.05) is 42.0 Å². The number of sulfonamides is 1. The monoisotopic (exact) mass is 532 g/mol. The maximum Gasteiger partial charge on any atom is 0.325 e. The van der Waals surface area contributed by atoms with Crippen LogP contribution in [0.25, 0.3) is 0 Å². The van der Waals surface area contributed by atoms with Gasteiger partial charge in [-0.05, 0) is 31.0 Å². The molecule has 1 aliphatic rings. The molecule has 1 fully saturated rings. The number of nitrogens with one attached hydrogen (secondary N) is 3. The van der Waals surface area contributed by atoms with Gasteiger partial charge in [0.2, 0.25) is 10.0 Å². The second-order valence-electron chi connectivity index (χ2n) is 7.96. The van der Waals surface area contributed by atoms with Crippen molar-refractivity contribution < 1.29 is 18.0 Å². The summed E-state index contributed by atoms with van der Waals surface area (Å²) >= 11 is 2.52. The minimum absolute atomic E-state index is 0.0117. The molecule has 10 nitrogen and oxygen atoms in total. The van der Waals surface area contributed by atoms with Crippen LogP contribution in [-0.4, -0.2) is 41.4 Å². The first-order chi connectivity index (χ1) is 16.8. The second-order valence-corrected chi connectivity index (χ2v) is 12.1. The zero-order valence-electron chi connectivity index (χ0n) is 18.9. The van der Waals surface area contributed by atoms with Crippen LogP contribution in [0.3, 0.4) is 0 Å². The Labute approximate surface area is 211 Å². The van der Waals surface area contributed by atoms with Gasteiger partial charge >= 0.3 is 6.03 Å². The normalized spacial score (nSPS) is 14.1. The molecule has 4 rings (SSSR count). The van der Waals surface area contributed by atoms with E-state index in [0.29, 0.717) is 26.2 Å². The average molecular weight is 533 g/mol. The molecule has 3 heterocycles. The molecule has 1 aliphatic carbocycles. The largest absolute Gasteiger partial charge is 0.325 e. The Bertz CT molecular complexity index is 1310. The first kappa shape index (κ1) is 25.2. The summed E-state index contributed by atoms with van der Waals surface area (Å²) in [5.74, 6) is -0.0197. The molecule has 2 amide bonds. The molecular weight excluding hydrogens is 508 g/mol. The predicted octanol–water partition coefficient (Wildman–Crippen LogP) is 4.15. The van der Waals surface area contributed by atoms with Crippen LogP contribution >= 0.6 is 23.1 Å². The van der Waals surface area contributed by atoms with E-state index in [9.17, 15) is 18.0 Å². The van der Waals surface area contributed by atoms with Gasteiger partial charge in [0.25, 0.3) is 0 Å². The quantitative estimate of drug-likeness (QED) is 0.349. The smallest absolute Gasteiger partial charge is 0.305 e. The van der Waals surface area contributed by atoms with E-state index in [0.717, 1.165) is 31.9 Å². The lowest BCUT2D eigenvalue weighted by Gasteiger charge is -2.13. The van der Waals surface area contributed by atoms with Crippen LogP contribution in [0.1, 0.15) is 41.7 Å². The predicted molar refractivity (Wildman–Crippen MR) is 135 cm³/mol. The van der Waals surface area contributed by atoms with E-state index in [1.165, 1.54) is 35.5 Å². The van der Waals surface area contributed by atoms with Gasteiger partial charge < -0.3 is 5.32 Å². The summed E-state index contributed by atoms with van der Waals surface area (Å²) < 4.78 is 26.3. The topological polar surface area (TPSA) is 143 Å². The lowest BCUT2D eigenvalue weighted by Crippen LogP contribution is -2.23. The van der Waals surface area contributed by atoms with Gasteiger partial charge in [0.1, 0.15) is 5.03 Å². The molecule has 184 valence electrons. The number of thiazole rings is 1. The Morgan fingerprint density at radius 1 is 1.14 bits per heavy atom. The van der Waals surface area contributed by atoms with Crippen molar-refractivity contribution in [2.24, 2.45) is 5.92 Å². The van der Waals surface area contributed by atoms with Crippen LogP contribution in [0.15, 0.2) is 52.1 Å². The number of pyridine rings is 2. The molecule has 3 N–H and O–H groups in total. The lowest BCUT2D eigenvalue weighted by atomic mass is 9.96. The molecule has 0 atom stereocenters. The third-order valence-corrected chi connectivity index (χ3v) is 8.13. The molecule has 0 aliphatic heterocycles. The highest BCUT2D eigenvalue weighted by Gasteiger charge is 2.26. The molecule has 3 aromatic rings. The first-order valence-corrected chi connectivity index (χ1v) is 14.4. The molecule has 0 aromatic carbocycles. The van der Waals surface area contributed by atoms with Crippen LogP contribution in [0.2, 0.25) is 0 Å². The zero-order valence-corrected chi connectivity index (χ0v) is 21.3. The fraction of sp³-hybridized carbons (Fsp3) is 0.318. The van der Waals surface area contributed by atoms with Gasteiger partial charge in [-0.3, -0.25) is 15.1 Å². The number of rotatable bonds is 9. The highest BCUT2D eigenvalue weighted by atomic mass is 32.2. The molecule has 0 saturated heterocycles. The number of ketones is 1. The summed E-state index contributed by atoms with van der Waals surface area (Å²) in [5, 5.41) is 6.36. The molecule has 35 heavy (non-hydrogen) atoms. The van der Waals surface area contributed by atoms with Crippen molar-refractivity contribution in [2.45, 2.75) is 41.5 Å². The Morgan fingerprint density at radius 3 is 2.66 bits per heavy atom.